The average molecular weight is 569 g/mol. The number of rotatable bonds is 6. The van der Waals surface area contributed by atoms with Crippen LogP contribution >= 0.6 is 11.6 Å². The molecule has 204 valence electrons. The maximum absolute atomic E-state index is 9.55. The van der Waals surface area contributed by atoms with E-state index in [0.29, 0.717) is 11.2 Å². The third-order valence-electron chi connectivity index (χ3n) is 7.52. The van der Waals surface area contributed by atoms with Crippen LogP contribution in [0.25, 0.3) is 21.6 Å². The van der Waals surface area contributed by atoms with Crippen molar-refractivity contribution in [1.29, 1.82) is 0 Å². The monoisotopic (exact) mass is 568 g/mol. The van der Waals surface area contributed by atoms with Crippen molar-refractivity contribution in [2.24, 2.45) is 5.11 Å². The number of ether oxygens (including phenoxy) is 1. The lowest BCUT2D eigenvalue weighted by atomic mass is 10.1. The van der Waals surface area contributed by atoms with E-state index in [0.717, 1.165) is 0 Å². The lowest BCUT2D eigenvalue weighted by Crippen LogP contribution is -2.65. The summed E-state index contributed by atoms with van der Waals surface area (Å²) in [6.45, 7) is 17.5. The van der Waals surface area contributed by atoms with Crippen molar-refractivity contribution in [2.75, 3.05) is 12.3 Å². The molecular formula is C22H37ClN8O4Si2. The summed E-state index contributed by atoms with van der Waals surface area (Å²) in [6.07, 6.45) is -0.298. The standard InChI is InChI=1S/C22H37ClN8O4Si2/c1-11(2)36(12(3)4)32-9-15-18(34-37(35-36,13(5)6)14(7)8)16(29-30-25)21(33-15)31-10-26-17-19(24)27-22(23)28-20(17)31/h10-16,18,21H,9H2,1-8H3,(H2,24,27,28)/t15-,16?,18-,21-/m1/s1. The maximum atomic E-state index is 9.55. The van der Waals surface area contributed by atoms with Crippen LogP contribution in [0.4, 0.5) is 5.82 Å². The Morgan fingerprint density at radius 1 is 1.08 bits per heavy atom. The van der Waals surface area contributed by atoms with E-state index in [-0.39, 0.29) is 39.9 Å². The number of imidazole rings is 1. The van der Waals surface area contributed by atoms with Crippen molar-refractivity contribution in [3.05, 3.63) is 22.1 Å². The highest BCUT2D eigenvalue weighted by atomic mass is 35.5. The van der Waals surface area contributed by atoms with E-state index in [4.69, 9.17) is 35.0 Å². The van der Waals surface area contributed by atoms with E-state index in [1.165, 1.54) is 0 Å². The van der Waals surface area contributed by atoms with E-state index < -0.39 is 41.6 Å². The molecular weight excluding hydrogens is 532 g/mol. The number of halogens is 1. The van der Waals surface area contributed by atoms with E-state index in [2.05, 4.69) is 80.4 Å². The largest absolute Gasteiger partial charge is 0.414 e. The summed E-state index contributed by atoms with van der Waals surface area (Å²) in [6, 6.07) is -0.730. The molecule has 1 unspecified atom stereocenters. The molecule has 2 fully saturated rings. The molecule has 15 heteroatoms. The van der Waals surface area contributed by atoms with Crippen LogP contribution in [-0.2, 0) is 17.7 Å². The van der Waals surface area contributed by atoms with E-state index in [1.807, 2.05) is 0 Å². The maximum Gasteiger partial charge on any atom is 0.335 e. The molecule has 4 atom stereocenters. The van der Waals surface area contributed by atoms with Crippen LogP contribution < -0.4 is 5.73 Å². The van der Waals surface area contributed by atoms with Gasteiger partial charge in [0.05, 0.1) is 19.0 Å². The van der Waals surface area contributed by atoms with Gasteiger partial charge in [0, 0.05) is 4.91 Å². The summed E-state index contributed by atoms with van der Waals surface area (Å²) in [5, 5.41) is 4.14. The molecule has 4 rings (SSSR count). The second-order valence-corrected chi connectivity index (χ2v) is 20.2. The first kappa shape index (κ1) is 28.2. The number of nitrogen functional groups attached to an aromatic ring is 1. The molecule has 0 radical (unpaired) electrons. The quantitative estimate of drug-likeness (QED) is 0.155. The average Bonchev–Trinajstić information content (AvgIpc) is 3.34. The fourth-order valence-electron chi connectivity index (χ4n) is 5.65. The summed E-state index contributed by atoms with van der Waals surface area (Å²) in [5.74, 6) is 0.154. The molecule has 2 N–H and O–H groups in total. The number of anilines is 1. The molecule has 0 bridgehead atoms. The summed E-state index contributed by atoms with van der Waals surface area (Å²) in [4.78, 5) is 15.8. The van der Waals surface area contributed by atoms with Crippen LogP contribution in [-0.4, -0.2) is 61.5 Å². The number of hydrogen-bond donors (Lipinski definition) is 1. The molecule has 0 aliphatic carbocycles. The van der Waals surface area contributed by atoms with Crippen molar-refractivity contribution in [1.82, 2.24) is 19.5 Å². The SMILES string of the molecule is CC(C)[Si]1(C(C)C)OC[C@H]2O[C@@H](n3cnc4c(N)nc(Cl)nc43)C(N=[N+]=[N-])[C@@H]2O[Si](C(C)C)(C(C)C)O1. The van der Waals surface area contributed by atoms with Crippen LogP contribution in [0.2, 0.25) is 27.4 Å². The van der Waals surface area contributed by atoms with Crippen molar-refractivity contribution in [3.8, 4) is 0 Å². The molecule has 2 aliphatic rings. The van der Waals surface area contributed by atoms with Gasteiger partial charge in [-0.15, -0.1) is 0 Å². The Morgan fingerprint density at radius 2 is 1.70 bits per heavy atom. The highest BCUT2D eigenvalue weighted by molar-refractivity contribution is 6.84. The minimum atomic E-state index is -2.94. The highest BCUT2D eigenvalue weighted by Gasteiger charge is 2.61. The lowest BCUT2D eigenvalue weighted by Gasteiger charge is -2.51. The second-order valence-electron chi connectivity index (χ2n) is 11.0. The molecule has 12 nitrogen and oxygen atoms in total. The number of hydrogen-bond acceptors (Lipinski definition) is 9. The molecule has 2 aromatic rings. The zero-order chi connectivity index (χ0) is 27.3. The van der Waals surface area contributed by atoms with Gasteiger partial charge in [-0.1, -0.05) is 60.5 Å². The van der Waals surface area contributed by atoms with Gasteiger partial charge in [0.25, 0.3) is 0 Å². The Balaban J connectivity index is 1.85. The molecule has 37 heavy (non-hydrogen) atoms. The van der Waals surface area contributed by atoms with Gasteiger partial charge < -0.3 is 23.4 Å². The minimum Gasteiger partial charge on any atom is -0.414 e. The molecule has 0 aromatic carbocycles. The Bertz CT molecular complexity index is 1170. The van der Waals surface area contributed by atoms with Gasteiger partial charge in [0.1, 0.15) is 23.9 Å². The van der Waals surface area contributed by atoms with Crippen LogP contribution in [0.5, 0.6) is 0 Å². The topological polar surface area (TPSA) is 155 Å². The van der Waals surface area contributed by atoms with Gasteiger partial charge >= 0.3 is 17.1 Å². The van der Waals surface area contributed by atoms with Gasteiger partial charge in [0.15, 0.2) is 11.5 Å². The van der Waals surface area contributed by atoms with Crippen LogP contribution in [0.3, 0.4) is 0 Å². The Morgan fingerprint density at radius 3 is 2.27 bits per heavy atom. The Hall–Kier alpha value is -1.78. The van der Waals surface area contributed by atoms with Gasteiger partial charge in [-0.25, -0.2) is 4.98 Å². The van der Waals surface area contributed by atoms with Crippen LogP contribution in [0.15, 0.2) is 11.4 Å². The molecule has 0 spiro atoms. The summed E-state index contributed by atoms with van der Waals surface area (Å²) in [5.41, 5.74) is 17.0. The summed E-state index contributed by atoms with van der Waals surface area (Å²) >= 11 is 6.10. The predicted molar refractivity (Wildman–Crippen MR) is 145 cm³/mol. The van der Waals surface area contributed by atoms with E-state index >= 15 is 0 Å². The van der Waals surface area contributed by atoms with Gasteiger partial charge in [-0.3, -0.25) is 4.57 Å². The van der Waals surface area contributed by atoms with Crippen molar-refractivity contribution < 1.29 is 17.7 Å². The number of aromatic nitrogens is 4. The Kier molecular flexibility index (Phi) is 7.95. The van der Waals surface area contributed by atoms with E-state index in [1.54, 1.807) is 10.9 Å². The van der Waals surface area contributed by atoms with Crippen molar-refractivity contribution in [2.45, 2.75) is 102 Å². The Labute approximate surface area is 224 Å². The molecule has 2 saturated heterocycles. The molecule has 0 amide bonds. The lowest BCUT2D eigenvalue weighted by molar-refractivity contribution is -0.0546. The number of azide groups is 1. The third-order valence-corrected chi connectivity index (χ3v) is 17.9. The predicted octanol–water partition coefficient (Wildman–Crippen LogP) is 5.59. The fourth-order valence-corrected chi connectivity index (χ4v) is 17.0. The smallest absolute Gasteiger partial charge is 0.335 e. The van der Waals surface area contributed by atoms with Crippen molar-refractivity contribution >= 4 is 45.7 Å². The number of nitrogens with zero attached hydrogens (tertiary/aromatic N) is 7. The zero-order valence-electron chi connectivity index (χ0n) is 22.6. The molecule has 2 aliphatic heterocycles. The normalized spacial score (nSPS) is 27.5. The molecule has 0 saturated carbocycles. The van der Waals surface area contributed by atoms with Crippen LogP contribution in [0.1, 0.15) is 61.6 Å². The fraction of sp³-hybridized carbons (Fsp3) is 0.773. The van der Waals surface area contributed by atoms with E-state index in [9.17, 15) is 5.53 Å². The summed E-state index contributed by atoms with van der Waals surface area (Å²) < 4.78 is 29.4. The van der Waals surface area contributed by atoms with Gasteiger partial charge in [0.2, 0.25) is 5.28 Å². The number of fused-ring (bicyclic) bond motifs is 2. The van der Waals surface area contributed by atoms with Crippen LogP contribution in [0, 0.1) is 0 Å². The third kappa shape index (κ3) is 4.67. The highest BCUT2D eigenvalue weighted by Crippen LogP contribution is 2.49. The number of nitrogens with two attached hydrogens (primary N) is 1. The van der Waals surface area contributed by atoms with Crippen molar-refractivity contribution in [3.63, 3.8) is 0 Å². The van der Waals surface area contributed by atoms with Gasteiger partial charge in [-0.2, -0.15) is 9.97 Å². The van der Waals surface area contributed by atoms with Gasteiger partial charge in [-0.05, 0) is 39.3 Å². The minimum absolute atomic E-state index is 0.0141. The molecule has 2 aromatic heterocycles. The summed E-state index contributed by atoms with van der Waals surface area (Å²) in [7, 11) is -5.69. The first-order valence-corrected chi connectivity index (χ1v) is 17.1. The first-order valence-electron chi connectivity index (χ1n) is 12.7. The molecule has 4 heterocycles. The second kappa shape index (κ2) is 10.4. The first-order chi connectivity index (χ1) is 17.4. The zero-order valence-corrected chi connectivity index (χ0v) is 25.4.